The highest BCUT2D eigenvalue weighted by molar-refractivity contribution is 6.74. The molecule has 0 bridgehead atoms. The van der Waals surface area contributed by atoms with Crippen LogP contribution in [0.2, 0.25) is 0 Å². The summed E-state index contributed by atoms with van der Waals surface area (Å²) in [6.07, 6.45) is 0. The Hall–Kier alpha value is -0.813. The Kier molecular flexibility index (Phi) is 3.57. The van der Waals surface area contributed by atoms with Crippen molar-refractivity contribution in [3.63, 3.8) is 0 Å². The summed E-state index contributed by atoms with van der Waals surface area (Å²) in [5.41, 5.74) is 0.377. The summed E-state index contributed by atoms with van der Waals surface area (Å²) in [7, 11) is -2.16. The molecule has 0 saturated heterocycles. The van der Waals surface area contributed by atoms with E-state index < -0.39 is 14.3 Å². The predicted octanol–water partition coefficient (Wildman–Crippen LogP) is 2.36. The van der Waals surface area contributed by atoms with Crippen LogP contribution in [0.15, 0.2) is 24.3 Å². The standard InChI is InChI=1S/C10H14F3NSi/c1-8(14(2)3)9-6-4-5-7-10(9)15(11,12)13/h4-8H,1-3H3. The highest BCUT2D eigenvalue weighted by Crippen LogP contribution is 2.20. The van der Waals surface area contributed by atoms with Crippen LogP contribution in [0, 0.1) is 0 Å². The molecule has 0 aliphatic carbocycles. The molecule has 0 saturated carbocycles. The topological polar surface area (TPSA) is 3.24 Å². The number of halogens is 3. The van der Waals surface area contributed by atoms with E-state index in [4.69, 9.17) is 0 Å². The fourth-order valence-electron chi connectivity index (χ4n) is 1.40. The van der Waals surface area contributed by atoms with Crippen LogP contribution >= 0.6 is 0 Å². The molecule has 0 aromatic heterocycles. The van der Waals surface area contributed by atoms with Crippen molar-refractivity contribution in [1.29, 1.82) is 0 Å². The normalized spacial score (nSPS) is 14.3. The summed E-state index contributed by atoms with van der Waals surface area (Å²) in [6.45, 7) is 1.78. The van der Waals surface area contributed by atoms with Gasteiger partial charge in [-0.25, -0.2) is 12.3 Å². The first kappa shape index (κ1) is 12.3. The third kappa shape index (κ3) is 2.82. The molecule has 1 aromatic rings. The molecule has 0 aliphatic rings. The molecule has 0 spiro atoms. The van der Waals surface area contributed by atoms with Crippen LogP contribution in [0.4, 0.5) is 12.3 Å². The van der Waals surface area contributed by atoms with E-state index in [-0.39, 0.29) is 6.04 Å². The summed E-state index contributed by atoms with van der Waals surface area (Å²) in [6, 6.07) is 5.62. The van der Waals surface area contributed by atoms with Crippen molar-refractivity contribution >= 4 is 14.3 Å². The minimum atomic E-state index is -5.71. The quantitative estimate of drug-likeness (QED) is 0.572. The maximum atomic E-state index is 12.8. The summed E-state index contributed by atoms with van der Waals surface area (Å²) < 4.78 is 38.4. The Balaban J connectivity index is 3.18. The molecular weight excluding hydrogens is 219 g/mol. The van der Waals surface area contributed by atoms with Crippen molar-refractivity contribution in [3.05, 3.63) is 29.8 Å². The molecule has 1 aromatic carbocycles. The average Bonchev–Trinajstić information content (AvgIpc) is 2.15. The number of hydrogen-bond acceptors (Lipinski definition) is 1. The molecule has 0 fully saturated rings. The van der Waals surface area contributed by atoms with Gasteiger partial charge in [-0.2, -0.15) is 0 Å². The Labute approximate surface area is 89.1 Å². The van der Waals surface area contributed by atoms with E-state index in [1.165, 1.54) is 12.1 Å². The number of hydrogen-bond donors (Lipinski definition) is 0. The van der Waals surface area contributed by atoms with Gasteiger partial charge in [-0.05, 0) is 26.6 Å². The van der Waals surface area contributed by atoms with Gasteiger partial charge in [-0.15, -0.1) is 0 Å². The van der Waals surface area contributed by atoms with Crippen LogP contribution in [-0.4, -0.2) is 28.1 Å². The third-order valence-electron chi connectivity index (χ3n) is 2.49. The zero-order chi connectivity index (χ0) is 11.6. The van der Waals surface area contributed by atoms with Crippen LogP contribution in [0.5, 0.6) is 0 Å². The molecule has 5 heteroatoms. The molecular formula is C10H14F3NSi. The Bertz CT molecular complexity index is 336. The molecule has 84 valence electrons. The maximum Gasteiger partial charge on any atom is 0.653 e. The minimum Gasteiger partial charge on any atom is -0.303 e. The highest BCUT2D eigenvalue weighted by Gasteiger charge is 2.42. The van der Waals surface area contributed by atoms with E-state index in [2.05, 4.69) is 0 Å². The van der Waals surface area contributed by atoms with E-state index in [9.17, 15) is 12.3 Å². The lowest BCUT2D eigenvalue weighted by molar-refractivity contribution is 0.321. The summed E-state index contributed by atoms with van der Waals surface area (Å²) in [5.74, 6) is 0. The summed E-state index contributed by atoms with van der Waals surface area (Å²) in [4.78, 5) is 1.78. The minimum absolute atomic E-state index is 0.213. The van der Waals surface area contributed by atoms with Crippen LogP contribution in [0.3, 0.4) is 0 Å². The molecule has 0 amide bonds. The second-order valence-corrected chi connectivity index (χ2v) is 5.26. The van der Waals surface area contributed by atoms with Crippen molar-refractivity contribution in [1.82, 2.24) is 4.90 Å². The molecule has 0 radical (unpaired) electrons. The van der Waals surface area contributed by atoms with E-state index in [1.54, 1.807) is 38.1 Å². The second-order valence-electron chi connectivity index (χ2n) is 3.72. The zero-order valence-electron chi connectivity index (χ0n) is 8.97. The van der Waals surface area contributed by atoms with Crippen molar-refractivity contribution < 1.29 is 12.3 Å². The smallest absolute Gasteiger partial charge is 0.303 e. The van der Waals surface area contributed by atoms with Crippen molar-refractivity contribution in [3.8, 4) is 0 Å². The Morgan fingerprint density at radius 2 is 1.67 bits per heavy atom. The maximum absolute atomic E-state index is 12.8. The lowest BCUT2D eigenvalue weighted by Crippen LogP contribution is -2.39. The fourth-order valence-corrected chi connectivity index (χ4v) is 2.30. The number of rotatable bonds is 3. The first-order chi connectivity index (χ1) is 6.84. The molecule has 1 rings (SSSR count). The first-order valence-electron chi connectivity index (χ1n) is 4.66. The molecule has 15 heavy (non-hydrogen) atoms. The Morgan fingerprint density at radius 1 is 1.13 bits per heavy atom. The van der Waals surface area contributed by atoms with Crippen LogP contribution in [0.1, 0.15) is 18.5 Å². The number of benzene rings is 1. The molecule has 0 aliphatic heterocycles. The summed E-state index contributed by atoms with van der Waals surface area (Å²) in [5, 5.41) is -0.411. The van der Waals surface area contributed by atoms with Gasteiger partial charge in [0, 0.05) is 11.2 Å². The first-order valence-corrected chi connectivity index (χ1v) is 6.30. The molecule has 0 N–H and O–H groups in total. The van der Waals surface area contributed by atoms with Gasteiger partial charge in [0.25, 0.3) is 0 Å². The molecule has 1 atom stereocenters. The van der Waals surface area contributed by atoms with Gasteiger partial charge >= 0.3 is 9.08 Å². The van der Waals surface area contributed by atoms with E-state index in [0.717, 1.165) is 0 Å². The SMILES string of the molecule is CC(c1ccccc1[Si](F)(F)F)N(C)C. The van der Waals surface area contributed by atoms with Crippen LogP contribution < -0.4 is 5.19 Å². The molecule has 0 heterocycles. The lowest BCUT2D eigenvalue weighted by atomic mass is 10.1. The van der Waals surface area contributed by atoms with Gasteiger partial charge in [-0.3, -0.25) is 0 Å². The number of nitrogens with zero attached hydrogens (tertiary/aromatic N) is 1. The van der Waals surface area contributed by atoms with Crippen LogP contribution in [0.25, 0.3) is 0 Å². The van der Waals surface area contributed by atoms with Crippen molar-refractivity contribution in [2.75, 3.05) is 14.1 Å². The van der Waals surface area contributed by atoms with E-state index >= 15 is 0 Å². The lowest BCUT2D eigenvalue weighted by Gasteiger charge is -2.22. The largest absolute Gasteiger partial charge is 0.653 e. The Morgan fingerprint density at radius 3 is 2.13 bits per heavy atom. The van der Waals surface area contributed by atoms with Gasteiger partial charge in [-0.1, -0.05) is 24.3 Å². The van der Waals surface area contributed by atoms with Gasteiger partial charge in [0.2, 0.25) is 0 Å². The van der Waals surface area contributed by atoms with Gasteiger partial charge in [0.15, 0.2) is 0 Å². The summed E-state index contributed by atoms with van der Waals surface area (Å²) >= 11 is 0. The molecule has 1 unspecified atom stereocenters. The van der Waals surface area contributed by atoms with Gasteiger partial charge < -0.3 is 4.90 Å². The van der Waals surface area contributed by atoms with E-state index in [0.29, 0.717) is 5.56 Å². The van der Waals surface area contributed by atoms with Gasteiger partial charge in [0.05, 0.1) is 0 Å². The van der Waals surface area contributed by atoms with Crippen molar-refractivity contribution in [2.45, 2.75) is 13.0 Å². The van der Waals surface area contributed by atoms with E-state index in [1.807, 2.05) is 0 Å². The van der Waals surface area contributed by atoms with Gasteiger partial charge in [0.1, 0.15) is 0 Å². The average molecular weight is 233 g/mol. The molecule has 1 nitrogen and oxygen atoms in total. The van der Waals surface area contributed by atoms with Crippen LogP contribution in [-0.2, 0) is 0 Å². The predicted molar refractivity (Wildman–Crippen MR) is 57.3 cm³/mol. The van der Waals surface area contributed by atoms with Crippen molar-refractivity contribution in [2.24, 2.45) is 0 Å². The zero-order valence-corrected chi connectivity index (χ0v) is 9.97. The highest BCUT2D eigenvalue weighted by atomic mass is 28.5. The fraction of sp³-hybridized carbons (Fsp3) is 0.400. The monoisotopic (exact) mass is 233 g/mol. The third-order valence-corrected chi connectivity index (χ3v) is 3.56. The second kappa shape index (κ2) is 4.36.